The van der Waals surface area contributed by atoms with Gasteiger partial charge in [0, 0.05) is 22.1 Å². The number of rotatable bonds is 2. The van der Waals surface area contributed by atoms with Crippen LogP contribution in [-0.4, -0.2) is 0 Å². The first-order valence-electron chi connectivity index (χ1n) is 9.96. The van der Waals surface area contributed by atoms with Crippen LogP contribution in [-0.2, 0) is 0 Å². The molecule has 6 aromatic carbocycles. The van der Waals surface area contributed by atoms with Gasteiger partial charge in [-0.05, 0) is 56.6 Å². The van der Waals surface area contributed by atoms with Gasteiger partial charge in [0.2, 0.25) is 0 Å². The summed E-state index contributed by atoms with van der Waals surface area (Å²) in [6.07, 6.45) is 0. The molecule has 1 nitrogen and oxygen atoms in total. The highest BCUT2D eigenvalue weighted by molar-refractivity contribution is 6.12. The lowest BCUT2D eigenvalue weighted by Crippen LogP contribution is -1.93. The highest BCUT2D eigenvalue weighted by atomic mass is 14.9. The molecule has 0 aliphatic heterocycles. The first-order chi connectivity index (χ1) is 14.4. The lowest BCUT2D eigenvalue weighted by atomic mass is 10.00. The van der Waals surface area contributed by atoms with Gasteiger partial charge in [-0.1, -0.05) is 84.9 Å². The fraction of sp³-hybridized carbons (Fsp3) is 0. The fourth-order valence-corrected chi connectivity index (χ4v) is 4.37. The van der Waals surface area contributed by atoms with E-state index in [-0.39, 0.29) is 0 Å². The molecule has 0 aliphatic carbocycles. The van der Waals surface area contributed by atoms with Gasteiger partial charge >= 0.3 is 0 Å². The van der Waals surface area contributed by atoms with Crippen LogP contribution in [0.2, 0.25) is 0 Å². The Kier molecular flexibility index (Phi) is 3.54. The first-order valence-corrected chi connectivity index (χ1v) is 9.96. The van der Waals surface area contributed by atoms with E-state index in [1.54, 1.807) is 0 Å². The molecule has 0 saturated heterocycles. The SMILES string of the molecule is c1ccc2cc3c(Nc4cccc5c4ccc4ccccc45)cccc3cc2c1. The van der Waals surface area contributed by atoms with Crippen molar-refractivity contribution in [2.75, 3.05) is 5.32 Å². The van der Waals surface area contributed by atoms with Crippen LogP contribution in [0, 0.1) is 0 Å². The van der Waals surface area contributed by atoms with Crippen LogP contribution in [0.25, 0.3) is 43.1 Å². The van der Waals surface area contributed by atoms with Crippen LogP contribution >= 0.6 is 0 Å². The maximum atomic E-state index is 3.72. The lowest BCUT2D eigenvalue weighted by Gasteiger charge is -2.14. The first kappa shape index (κ1) is 16.1. The Morgan fingerprint density at radius 2 is 0.966 bits per heavy atom. The van der Waals surface area contributed by atoms with E-state index in [9.17, 15) is 0 Å². The van der Waals surface area contributed by atoms with Crippen LogP contribution in [0.3, 0.4) is 0 Å². The molecule has 0 amide bonds. The summed E-state index contributed by atoms with van der Waals surface area (Å²) in [6.45, 7) is 0. The summed E-state index contributed by atoms with van der Waals surface area (Å²) in [5.74, 6) is 0. The molecule has 0 spiro atoms. The molecule has 0 unspecified atom stereocenters. The van der Waals surface area contributed by atoms with E-state index in [1.165, 1.54) is 43.1 Å². The molecule has 0 saturated carbocycles. The Morgan fingerprint density at radius 3 is 1.83 bits per heavy atom. The number of nitrogens with one attached hydrogen (secondary N) is 1. The van der Waals surface area contributed by atoms with Crippen molar-refractivity contribution in [2.45, 2.75) is 0 Å². The topological polar surface area (TPSA) is 12.0 Å². The third-order valence-electron chi connectivity index (χ3n) is 5.80. The van der Waals surface area contributed by atoms with Crippen LogP contribution < -0.4 is 5.32 Å². The second kappa shape index (κ2) is 6.35. The average Bonchev–Trinajstić information content (AvgIpc) is 2.78. The molecule has 0 aliphatic rings. The van der Waals surface area contributed by atoms with Gasteiger partial charge in [0.25, 0.3) is 0 Å². The van der Waals surface area contributed by atoms with E-state index in [0.29, 0.717) is 0 Å². The third kappa shape index (κ3) is 2.63. The van der Waals surface area contributed by atoms with Crippen molar-refractivity contribution in [3.63, 3.8) is 0 Å². The van der Waals surface area contributed by atoms with E-state index in [0.717, 1.165) is 11.4 Å². The number of fused-ring (bicyclic) bond motifs is 5. The summed E-state index contributed by atoms with van der Waals surface area (Å²) in [5, 5.41) is 13.8. The number of hydrogen-bond donors (Lipinski definition) is 1. The normalized spacial score (nSPS) is 11.4. The zero-order valence-electron chi connectivity index (χ0n) is 15.9. The number of hydrogen-bond acceptors (Lipinski definition) is 1. The average molecular weight is 369 g/mol. The second-order valence-electron chi connectivity index (χ2n) is 7.54. The molecule has 0 fully saturated rings. The maximum Gasteiger partial charge on any atom is 0.0464 e. The minimum atomic E-state index is 1.13. The predicted octanol–water partition coefficient (Wildman–Crippen LogP) is 8.04. The quantitative estimate of drug-likeness (QED) is 0.240. The molecule has 1 heteroatoms. The Morgan fingerprint density at radius 1 is 0.345 bits per heavy atom. The monoisotopic (exact) mass is 369 g/mol. The zero-order chi connectivity index (χ0) is 19.2. The summed E-state index contributed by atoms with van der Waals surface area (Å²) in [7, 11) is 0. The minimum Gasteiger partial charge on any atom is -0.355 e. The molecular formula is C28H19N. The Hall–Kier alpha value is -3.84. The summed E-state index contributed by atoms with van der Waals surface area (Å²) < 4.78 is 0. The van der Waals surface area contributed by atoms with Gasteiger partial charge in [0.1, 0.15) is 0 Å². The predicted molar refractivity (Wildman–Crippen MR) is 126 cm³/mol. The smallest absolute Gasteiger partial charge is 0.0464 e. The summed E-state index contributed by atoms with van der Waals surface area (Å²) >= 11 is 0. The minimum absolute atomic E-state index is 1.13. The molecule has 1 N–H and O–H groups in total. The van der Waals surface area contributed by atoms with Crippen molar-refractivity contribution in [3.8, 4) is 0 Å². The van der Waals surface area contributed by atoms with Gasteiger partial charge in [-0.25, -0.2) is 0 Å². The van der Waals surface area contributed by atoms with Crippen molar-refractivity contribution in [2.24, 2.45) is 0 Å². The van der Waals surface area contributed by atoms with Gasteiger partial charge in [-0.2, -0.15) is 0 Å². The molecule has 6 aromatic rings. The van der Waals surface area contributed by atoms with Gasteiger partial charge < -0.3 is 5.32 Å². The van der Waals surface area contributed by atoms with Crippen LogP contribution in [0.15, 0.2) is 109 Å². The van der Waals surface area contributed by atoms with Gasteiger partial charge in [-0.15, -0.1) is 0 Å². The van der Waals surface area contributed by atoms with Crippen LogP contribution in [0.4, 0.5) is 11.4 Å². The van der Waals surface area contributed by atoms with Gasteiger partial charge in [0.05, 0.1) is 0 Å². The molecule has 6 rings (SSSR count). The van der Waals surface area contributed by atoms with Gasteiger partial charge in [0.15, 0.2) is 0 Å². The third-order valence-corrected chi connectivity index (χ3v) is 5.80. The Bertz CT molecular complexity index is 1510. The molecule has 0 bridgehead atoms. The van der Waals surface area contributed by atoms with E-state index < -0.39 is 0 Å². The highest BCUT2D eigenvalue weighted by Crippen LogP contribution is 2.35. The summed E-state index contributed by atoms with van der Waals surface area (Å²) in [5.41, 5.74) is 2.27. The molecule has 29 heavy (non-hydrogen) atoms. The summed E-state index contributed by atoms with van der Waals surface area (Å²) in [4.78, 5) is 0. The maximum absolute atomic E-state index is 3.72. The molecule has 0 radical (unpaired) electrons. The number of anilines is 2. The van der Waals surface area contributed by atoms with E-state index >= 15 is 0 Å². The van der Waals surface area contributed by atoms with Gasteiger partial charge in [-0.3, -0.25) is 0 Å². The zero-order valence-corrected chi connectivity index (χ0v) is 15.9. The van der Waals surface area contributed by atoms with Crippen molar-refractivity contribution >= 4 is 54.5 Å². The molecular weight excluding hydrogens is 350 g/mol. The van der Waals surface area contributed by atoms with Crippen molar-refractivity contribution in [3.05, 3.63) is 109 Å². The molecule has 0 atom stereocenters. The molecule has 0 aromatic heterocycles. The van der Waals surface area contributed by atoms with Crippen molar-refractivity contribution in [1.29, 1.82) is 0 Å². The largest absolute Gasteiger partial charge is 0.355 e. The van der Waals surface area contributed by atoms with Crippen molar-refractivity contribution < 1.29 is 0 Å². The van der Waals surface area contributed by atoms with Crippen LogP contribution in [0.5, 0.6) is 0 Å². The Labute approximate surface area is 169 Å². The van der Waals surface area contributed by atoms with Crippen molar-refractivity contribution in [1.82, 2.24) is 0 Å². The number of benzene rings is 6. The lowest BCUT2D eigenvalue weighted by molar-refractivity contribution is 1.62. The molecule has 136 valence electrons. The van der Waals surface area contributed by atoms with Crippen LogP contribution in [0.1, 0.15) is 0 Å². The van der Waals surface area contributed by atoms with E-state index in [4.69, 9.17) is 0 Å². The second-order valence-corrected chi connectivity index (χ2v) is 7.54. The highest BCUT2D eigenvalue weighted by Gasteiger charge is 2.08. The fourth-order valence-electron chi connectivity index (χ4n) is 4.37. The molecule has 0 heterocycles. The standard InChI is InChI=1S/C28H19N/c1-2-9-21-18-26-22(17-20(21)8-1)10-5-13-28(26)29-27-14-6-12-24-23-11-4-3-7-19(23)15-16-25(24)27/h1-18,29H. The summed E-state index contributed by atoms with van der Waals surface area (Å²) in [6, 6.07) is 39.1. The Balaban J connectivity index is 1.55. The van der Waals surface area contributed by atoms with E-state index in [1.807, 2.05) is 0 Å². The van der Waals surface area contributed by atoms with E-state index in [2.05, 4.69) is 115 Å².